The zero-order valence-corrected chi connectivity index (χ0v) is 8.42. The molecule has 0 atom stereocenters. The van der Waals surface area contributed by atoms with Crippen molar-refractivity contribution in [2.75, 3.05) is 11.1 Å². The maximum absolute atomic E-state index is 11.7. The smallest absolute Gasteiger partial charge is 0.257 e. The Bertz CT molecular complexity index is 498. The van der Waals surface area contributed by atoms with Crippen LogP contribution < -0.4 is 11.1 Å². The number of nitrogens with one attached hydrogen (secondary N) is 1. The summed E-state index contributed by atoms with van der Waals surface area (Å²) in [7, 11) is 0. The van der Waals surface area contributed by atoms with E-state index in [9.17, 15) is 4.79 Å². The van der Waals surface area contributed by atoms with Crippen LogP contribution in [0, 0.1) is 0 Å². The monoisotopic (exact) mass is 214 g/mol. The third-order valence-corrected chi connectivity index (χ3v) is 2.06. The van der Waals surface area contributed by atoms with Crippen molar-refractivity contribution in [1.82, 2.24) is 10.2 Å². The Morgan fingerprint density at radius 3 is 2.69 bits per heavy atom. The van der Waals surface area contributed by atoms with Crippen LogP contribution in [0.1, 0.15) is 10.4 Å². The van der Waals surface area contributed by atoms with Gasteiger partial charge in [-0.25, -0.2) is 0 Å². The number of carbonyl (C=O) groups excluding carboxylic acids is 1. The van der Waals surface area contributed by atoms with Crippen LogP contribution in [0.3, 0.4) is 0 Å². The van der Waals surface area contributed by atoms with Crippen LogP contribution in [0.25, 0.3) is 0 Å². The highest BCUT2D eigenvalue weighted by atomic mass is 16.1. The molecule has 0 aliphatic rings. The molecule has 0 bridgehead atoms. The Morgan fingerprint density at radius 2 is 2.00 bits per heavy atom. The van der Waals surface area contributed by atoms with E-state index in [4.69, 9.17) is 5.73 Å². The molecule has 0 aliphatic heterocycles. The average Bonchev–Trinajstić information content (AvgIpc) is 2.33. The molecule has 1 heterocycles. The summed E-state index contributed by atoms with van der Waals surface area (Å²) < 4.78 is 0. The highest BCUT2D eigenvalue weighted by Crippen LogP contribution is 2.17. The highest BCUT2D eigenvalue weighted by molar-refractivity contribution is 6.05. The van der Waals surface area contributed by atoms with Crippen molar-refractivity contribution in [2.24, 2.45) is 0 Å². The van der Waals surface area contributed by atoms with Gasteiger partial charge >= 0.3 is 0 Å². The molecule has 0 radical (unpaired) electrons. The lowest BCUT2D eigenvalue weighted by atomic mass is 10.2. The third-order valence-electron chi connectivity index (χ3n) is 2.06. The van der Waals surface area contributed by atoms with Crippen molar-refractivity contribution in [3.05, 3.63) is 48.3 Å². The molecule has 80 valence electrons. The molecule has 1 aromatic carbocycles. The van der Waals surface area contributed by atoms with Gasteiger partial charge in [-0.05, 0) is 18.2 Å². The lowest BCUT2D eigenvalue weighted by Gasteiger charge is -2.06. The number of carbonyl (C=O) groups is 1. The quantitative estimate of drug-likeness (QED) is 0.738. The maximum Gasteiger partial charge on any atom is 0.257 e. The molecule has 0 unspecified atom stereocenters. The van der Waals surface area contributed by atoms with Gasteiger partial charge in [0.25, 0.3) is 5.91 Å². The summed E-state index contributed by atoms with van der Waals surface area (Å²) in [6.07, 6.45) is 2.86. The molecule has 0 spiro atoms. The first-order valence-corrected chi connectivity index (χ1v) is 4.70. The van der Waals surface area contributed by atoms with Crippen molar-refractivity contribution >= 4 is 17.3 Å². The summed E-state index contributed by atoms with van der Waals surface area (Å²) in [4.78, 5) is 11.7. The summed E-state index contributed by atoms with van der Waals surface area (Å²) in [5, 5.41) is 9.92. The first-order chi connectivity index (χ1) is 7.77. The Balaban J connectivity index is 2.18. The van der Waals surface area contributed by atoms with Gasteiger partial charge in [0.15, 0.2) is 0 Å². The van der Waals surface area contributed by atoms with E-state index in [1.807, 2.05) is 0 Å². The number of para-hydroxylation sites is 2. The van der Waals surface area contributed by atoms with Gasteiger partial charge in [0.05, 0.1) is 29.3 Å². The van der Waals surface area contributed by atoms with Crippen LogP contribution in [0.2, 0.25) is 0 Å². The molecule has 1 amide bonds. The summed E-state index contributed by atoms with van der Waals surface area (Å²) >= 11 is 0. The minimum atomic E-state index is -0.257. The van der Waals surface area contributed by atoms with Gasteiger partial charge in [0.2, 0.25) is 0 Å². The Hall–Kier alpha value is -2.43. The van der Waals surface area contributed by atoms with E-state index >= 15 is 0 Å². The van der Waals surface area contributed by atoms with E-state index in [2.05, 4.69) is 15.5 Å². The normalized spacial score (nSPS) is 9.75. The first-order valence-electron chi connectivity index (χ1n) is 4.70. The number of nitrogens with two attached hydrogens (primary N) is 1. The van der Waals surface area contributed by atoms with Crippen molar-refractivity contribution in [3.63, 3.8) is 0 Å². The molecule has 16 heavy (non-hydrogen) atoms. The number of aromatic nitrogens is 2. The predicted octanol–water partition coefficient (Wildman–Crippen LogP) is 1.31. The summed E-state index contributed by atoms with van der Waals surface area (Å²) in [6, 6.07) is 8.65. The molecule has 0 saturated carbocycles. The molecule has 0 aliphatic carbocycles. The summed E-state index contributed by atoms with van der Waals surface area (Å²) in [5.74, 6) is -0.257. The zero-order chi connectivity index (χ0) is 11.4. The lowest BCUT2D eigenvalue weighted by molar-refractivity contribution is 0.102. The average molecular weight is 214 g/mol. The molecule has 5 nitrogen and oxygen atoms in total. The molecule has 3 N–H and O–H groups in total. The third kappa shape index (κ3) is 2.14. The lowest BCUT2D eigenvalue weighted by Crippen LogP contribution is -2.13. The fraction of sp³-hybridized carbons (Fsp3) is 0. The summed E-state index contributed by atoms with van der Waals surface area (Å²) in [6.45, 7) is 0. The molecule has 0 saturated heterocycles. The van der Waals surface area contributed by atoms with Crippen molar-refractivity contribution < 1.29 is 4.79 Å². The molecule has 0 fully saturated rings. The summed E-state index contributed by atoms with van der Waals surface area (Å²) in [5.41, 5.74) is 7.26. The van der Waals surface area contributed by atoms with Gasteiger partial charge in [0, 0.05) is 0 Å². The van der Waals surface area contributed by atoms with E-state index in [1.165, 1.54) is 12.4 Å². The zero-order valence-electron chi connectivity index (χ0n) is 8.42. The van der Waals surface area contributed by atoms with Gasteiger partial charge in [-0.2, -0.15) is 10.2 Å². The topological polar surface area (TPSA) is 80.9 Å². The molecule has 2 rings (SSSR count). The predicted molar refractivity (Wildman–Crippen MR) is 60.8 cm³/mol. The number of nitrogen functional groups attached to an aromatic ring is 1. The Morgan fingerprint density at radius 1 is 1.19 bits per heavy atom. The maximum atomic E-state index is 11.7. The van der Waals surface area contributed by atoms with Crippen molar-refractivity contribution in [2.45, 2.75) is 0 Å². The number of hydrogen-bond acceptors (Lipinski definition) is 4. The van der Waals surface area contributed by atoms with E-state index in [0.29, 0.717) is 16.9 Å². The number of rotatable bonds is 2. The first kappa shape index (κ1) is 10.1. The molecular formula is C11H10N4O. The van der Waals surface area contributed by atoms with E-state index in [1.54, 1.807) is 30.3 Å². The van der Waals surface area contributed by atoms with Gasteiger partial charge < -0.3 is 11.1 Å². The second-order valence-corrected chi connectivity index (χ2v) is 3.17. The second kappa shape index (κ2) is 4.39. The van der Waals surface area contributed by atoms with E-state index in [0.717, 1.165) is 0 Å². The minimum absolute atomic E-state index is 0.257. The van der Waals surface area contributed by atoms with Crippen LogP contribution >= 0.6 is 0 Å². The van der Waals surface area contributed by atoms with E-state index in [-0.39, 0.29) is 5.91 Å². The van der Waals surface area contributed by atoms with Crippen LogP contribution in [-0.2, 0) is 0 Å². The fourth-order valence-electron chi connectivity index (χ4n) is 1.23. The largest absolute Gasteiger partial charge is 0.397 e. The molecule has 1 aromatic heterocycles. The SMILES string of the molecule is Nc1ccccc1NC(=O)c1ccnnc1. The minimum Gasteiger partial charge on any atom is -0.397 e. The van der Waals surface area contributed by atoms with Crippen LogP contribution in [0.5, 0.6) is 0 Å². The van der Waals surface area contributed by atoms with Crippen molar-refractivity contribution in [3.8, 4) is 0 Å². The van der Waals surface area contributed by atoms with Gasteiger partial charge in [-0.1, -0.05) is 12.1 Å². The standard InChI is InChI=1S/C11H10N4O/c12-9-3-1-2-4-10(9)15-11(16)8-5-6-13-14-7-8/h1-7H,12H2,(H,15,16). The molecule has 2 aromatic rings. The highest BCUT2D eigenvalue weighted by Gasteiger charge is 2.07. The number of hydrogen-bond donors (Lipinski definition) is 2. The molecule has 5 heteroatoms. The number of nitrogens with zero attached hydrogens (tertiary/aromatic N) is 2. The van der Waals surface area contributed by atoms with Gasteiger partial charge in [-0.15, -0.1) is 0 Å². The van der Waals surface area contributed by atoms with Crippen molar-refractivity contribution in [1.29, 1.82) is 0 Å². The Labute approximate surface area is 92.3 Å². The number of amides is 1. The van der Waals surface area contributed by atoms with Crippen LogP contribution in [0.15, 0.2) is 42.7 Å². The van der Waals surface area contributed by atoms with Crippen LogP contribution in [0.4, 0.5) is 11.4 Å². The van der Waals surface area contributed by atoms with Gasteiger partial charge in [-0.3, -0.25) is 4.79 Å². The van der Waals surface area contributed by atoms with Crippen LogP contribution in [-0.4, -0.2) is 16.1 Å². The number of anilines is 2. The molecular weight excluding hydrogens is 204 g/mol. The van der Waals surface area contributed by atoms with Gasteiger partial charge in [0.1, 0.15) is 0 Å². The Kier molecular flexibility index (Phi) is 2.77. The van der Waals surface area contributed by atoms with E-state index < -0.39 is 0 Å². The fourth-order valence-corrected chi connectivity index (χ4v) is 1.23. The number of benzene rings is 1. The second-order valence-electron chi connectivity index (χ2n) is 3.17.